The molecule has 1 aromatic rings. The standard InChI is InChI=1S/C11H13FN2O6S/c1-11(2,10(15)16)13(3)21(19,20)9-5-4-7(12)6-8(9)14(17)18/h4-6H,1-3H3,(H,15,16). The van der Waals surface area contributed by atoms with E-state index in [0.717, 1.165) is 33.0 Å². The molecule has 0 aliphatic rings. The van der Waals surface area contributed by atoms with Crippen molar-refractivity contribution in [2.75, 3.05) is 7.05 Å². The number of hydrogen-bond acceptors (Lipinski definition) is 5. The topological polar surface area (TPSA) is 118 Å². The zero-order valence-corrected chi connectivity index (χ0v) is 12.2. The van der Waals surface area contributed by atoms with Gasteiger partial charge in [0, 0.05) is 7.05 Å². The fraction of sp³-hybridized carbons (Fsp3) is 0.364. The van der Waals surface area contributed by atoms with Crippen LogP contribution in [0.4, 0.5) is 10.1 Å². The lowest BCUT2D eigenvalue weighted by atomic mass is 10.1. The van der Waals surface area contributed by atoms with Gasteiger partial charge in [-0.05, 0) is 26.0 Å². The number of hydrogen-bond donors (Lipinski definition) is 1. The normalized spacial score (nSPS) is 12.4. The molecule has 0 aliphatic heterocycles. The molecule has 1 N–H and O–H groups in total. The Morgan fingerprint density at radius 1 is 1.43 bits per heavy atom. The number of carboxylic acid groups (broad SMARTS) is 1. The highest BCUT2D eigenvalue weighted by molar-refractivity contribution is 7.89. The van der Waals surface area contributed by atoms with Crippen LogP contribution >= 0.6 is 0 Å². The van der Waals surface area contributed by atoms with Crippen molar-refractivity contribution in [1.29, 1.82) is 0 Å². The molecule has 0 saturated carbocycles. The number of carboxylic acids is 1. The molecule has 0 atom stereocenters. The second-order valence-corrected chi connectivity index (χ2v) is 6.64. The summed E-state index contributed by atoms with van der Waals surface area (Å²) < 4.78 is 38.3. The second-order valence-electron chi connectivity index (χ2n) is 4.71. The maximum atomic E-state index is 13.1. The molecule has 0 bridgehead atoms. The Morgan fingerprint density at radius 3 is 2.38 bits per heavy atom. The smallest absolute Gasteiger partial charge is 0.324 e. The summed E-state index contributed by atoms with van der Waals surface area (Å²) in [5.41, 5.74) is -2.79. The van der Waals surface area contributed by atoms with Crippen LogP contribution in [0.5, 0.6) is 0 Å². The van der Waals surface area contributed by atoms with Gasteiger partial charge in [-0.15, -0.1) is 0 Å². The molecule has 10 heteroatoms. The summed E-state index contributed by atoms with van der Waals surface area (Å²) in [5, 5.41) is 19.9. The Balaban J connectivity index is 3.52. The molecule has 0 fully saturated rings. The summed E-state index contributed by atoms with van der Waals surface area (Å²) in [6.07, 6.45) is 0. The van der Waals surface area contributed by atoms with Crippen molar-refractivity contribution in [2.24, 2.45) is 0 Å². The van der Waals surface area contributed by atoms with Crippen molar-refractivity contribution in [3.63, 3.8) is 0 Å². The number of nitro benzene ring substituents is 1. The predicted molar refractivity (Wildman–Crippen MR) is 69.7 cm³/mol. The van der Waals surface area contributed by atoms with Crippen molar-refractivity contribution in [1.82, 2.24) is 4.31 Å². The van der Waals surface area contributed by atoms with Crippen LogP contribution in [0.1, 0.15) is 13.8 Å². The first kappa shape index (κ1) is 17.0. The Labute approximate surface area is 120 Å². The van der Waals surface area contributed by atoms with E-state index in [4.69, 9.17) is 5.11 Å². The van der Waals surface area contributed by atoms with Crippen LogP contribution in [0.15, 0.2) is 23.1 Å². The average Bonchev–Trinajstić information content (AvgIpc) is 2.36. The van der Waals surface area contributed by atoms with E-state index in [0.29, 0.717) is 10.4 Å². The molecular weight excluding hydrogens is 307 g/mol. The molecule has 0 amide bonds. The molecule has 0 spiro atoms. The maximum absolute atomic E-state index is 13.1. The van der Waals surface area contributed by atoms with E-state index in [1.54, 1.807) is 0 Å². The van der Waals surface area contributed by atoms with Gasteiger partial charge in [0.15, 0.2) is 4.90 Å². The van der Waals surface area contributed by atoms with Crippen molar-refractivity contribution >= 4 is 21.7 Å². The van der Waals surface area contributed by atoms with E-state index >= 15 is 0 Å². The van der Waals surface area contributed by atoms with E-state index in [1.165, 1.54) is 0 Å². The summed E-state index contributed by atoms with van der Waals surface area (Å²) in [7, 11) is -3.51. The molecule has 8 nitrogen and oxygen atoms in total. The van der Waals surface area contributed by atoms with Crippen LogP contribution in [0, 0.1) is 15.9 Å². The van der Waals surface area contributed by atoms with Gasteiger partial charge in [-0.2, -0.15) is 4.31 Å². The van der Waals surface area contributed by atoms with Crippen LogP contribution in [-0.4, -0.2) is 41.3 Å². The number of sulfonamides is 1. The van der Waals surface area contributed by atoms with Gasteiger partial charge in [0.1, 0.15) is 11.4 Å². The fourth-order valence-corrected chi connectivity index (χ4v) is 3.05. The molecular formula is C11H13FN2O6S. The van der Waals surface area contributed by atoms with Crippen LogP contribution in [-0.2, 0) is 14.8 Å². The first-order valence-corrected chi connectivity index (χ1v) is 7.02. The minimum absolute atomic E-state index is 0.467. The van der Waals surface area contributed by atoms with Gasteiger partial charge in [-0.25, -0.2) is 12.8 Å². The first-order chi connectivity index (χ1) is 9.42. The predicted octanol–water partition coefficient (Wildman–Crippen LogP) is 1.22. The lowest BCUT2D eigenvalue weighted by molar-refractivity contribution is -0.388. The number of nitro groups is 1. The summed E-state index contributed by atoms with van der Waals surface area (Å²) in [6.45, 7) is 2.25. The zero-order valence-electron chi connectivity index (χ0n) is 11.4. The quantitative estimate of drug-likeness (QED) is 0.643. The number of halogens is 1. The van der Waals surface area contributed by atoms with Crippen molar-refractivity contribution in [3.8, 4) is 0 Å². The third-order valence-corrected chi connectivity index (χ3v) is 5.15. The average molecular weight is 320 g/mol. The van der Waals surface area contributed by atoms with Gasteiger partial charge in [-0.3, -0.25) is 14.9 Å². The number of nitrogens with zero attached hydrogens (tertiary/aromatic N) is 2. The van der Waals surface area contributed by atoms with Gasteiger partial charge in [0.2, 0.25) is 0 Å². The third kappa shape index (κ3) is 3.00. The Morgan fingerprint density at radius 2 is 1.95 bits per heavy atom. The largest absolute Gasteiger partial charge is 0.480 e. The number of aliphatic carboxylic acids is 1. The fourth-order valence-electron chi connectivity index (χ4n) is 1.43. The maximum Gasteiger partial charge on any atom is 0.324 e. The summed E-state index contributed by atoms with van der Waals surface area (Å²) in [6, 6.07) is 1.95. The lowest BCUT2D eigenvalue weighted by Gasteiger charge is -2.30. The van der Waals surface area contributed by atoms with Crippen LogP contribution in [0.25, 0.3) is 0 Å². The third-order valence-electron chi connectivity index (χ3n) is 3.07. The molecule has 1 rings (SSSR count). The van der Waals surface area contributed by atoms with Gasteiger partial charge >= 0.3 is 5.97 Å². The number of rotatable bonds is 5. The monoisotopic (exact) mass is 320 g/mol. The Bertz CT molecular complexity index is 701. The molecule has 21 heavy (non-hydrogen) atoms. The highest BCUT2D eigenvalue weighted by Crippen LogP contribution is 2.30. The minimum atomic E-state index is -4.49. The van der Waals surface area contributed by atoms with Gasteiger partial charge in [0.05, 0.1) is 11.0 Å². The number of likely N-dealkylation sites (N-methyl/N-ethyl adjacent to an activating group) is 1. The molecule has 0 saturated heterocycles. The van der Waals surface area contributed by atoms with Gasteiger partial charge < -0.3 is 5.11 Å². The highest BCUT2D eigenvalue weighted by Gasteiger charge is 2.42. The SMILES string of the molecule is CN(C(C)(C)C(=O)O)S(=O)(=O)c1ccc(F)cc1[N+](=O)[O-]. The molecule has 0 unspecified atom stereocenters. The van der Waals surface area contributed by atoms with Crippen LogP contribution < -0.4 is 0 Å². The van der Waals surface area contributed by atoms with Crippen molar-refractivity contribution in [3.05, 3.63) is 34.1 Å². The number of benzene rings is 1. The molecule has 0 heterocycles. The van der Waals surface area contributed by atoms with E-state index in [1.807, 2.05) is 0 Å². The summed E-state index contributed by atoms with van der Waals surface area (Å²) >= 11 is 0. The van der Waals surface area contributed by atoms with Gasteiger partial charge in [-0.1, -0.05) is 0 Å². The van der Waals surface area contributed by atoms with Gasteiger partial charge in [0.25, 0.3) is 15.7 Å². The van der Waals surface area contributed by atoms with Crippen LogP contribution in [0.3, 0.4) is 0 Å². The molecule has 1 aromatic carbocycles. The van der Waals surface area contributed by atoms with E-state index in [2.05, 4.69) is 0 Å². The summed E-state index contributed by atoms with van der Waals surface area (Å²) in [5.74, 6) is -2.40. The Hall–Kier alpha value is -2.07. The molecule has 0 aliphatic carbocycles. The molecule has 0 aromatic heterocycles. The highest BCUT2D eigenvalue weighted by atomic mass is 32.2. The van der Waals surface area contributed by atoms with E-state index in [-0.39, 0.29) is 0 Å². The molecule has 116 valence electrons. The second kappa shape index (κ2) is 5.37. The number of carbonyl (C=O) groups is 1. The zero-order chi connectivity index (χ0) is 16.6. The summed E-state index contributed by atoms with van der Waals surface area (Å²) in [4.78, 5) is 20.2. The van der Waals surface area contributed by atoms with Crippen molar-refractivity contribution in [2.45, 2.75) is 24.3 Å². The lowest BCUT2D eigenvalue weighted by Crippen LogP contribution is -2.50. The molecule has 0 radical (unpaired) electrons. The minimum Gasteiger partial charge on any atom is -0.480 e. The first-order valence-electron chi connectivity index (χ1n) is 5.58. The Kier molecular flexibility index (Phi) is 4.34. The van der Waals surface area contributed by atoms with E-state index < -0.39 is 42.9 Å². The van der Waals surface area contributed by atoms with E-state index in [9.17, 15) is 27.7 Å². The van der Waals surface area contributed by atoms with Crippen LogP contribution in [0.2, 0.25) is 0 Å². The van der Waals surface area contributed by atoms with Crippen molar-refractivity contribution < 1.29 is 27.6 Å².